The summed E-state index contributed by atoms with van der Waals surface area (Å²) >= 11 is 5.01. The van der Waals surface area contributed by atoms with E-state index in [1.165, 1.54) is 5.56 Å². The molecule has 0 aliphatic heterocycles. The molecule has 32 heavy (non-hydrogen) atoms. The number of nitrogens with one attached hydrogen (secondary N) is 1. The van der Waals surface area contributed by atoms with Crippen LogP contribution in [0.3, 0.4) is 0 Å². The molecule has 1 atom stereocenters. The molecule has 0 spiro atoms. The third kappa shape index (κ3) is 7.27. The lowest BCUT2D eigenvalue weighted by Crippen LogP contribution is -2.50. The van der Waals surface area contributed by atoms with Gasteiger partial charge in [0.2, 0.25) is 11.8 Å². The highest BCUT2D eigenvalue weighted by molar-refractivity contribution is 9.10. The molecule has 1 aliphatic rings. The molecule has 2 aromatic carbocycles. The highest BCUT2D eigenvalue weighted by Crippen LogP contribution is 2.21. The average molecular weight is 520 g/mol. The molecule has 1 saturated carbocycles. The van der Waals surface area contributed by atoms with Gasteiger partial charge in [-0.3, -0.25) is 9.59 Å². The Morgan fingerprint density at radius 1 is 1.09 bits per heavy atom. The second kappa shape index (κ2) is 12.3. The van der Waals surface area contributed by atoms with Gasteiger partial charge in [-0.1, -0.05) is 53.0 Å². The van der Waals surface area contributed by atoms with Crippen molar-refractivity contribution in [2.75, 3.05) is 12.9 Å². The highest BCUT2D eigenvalue weighted by Gasteiger charge is 2.28. The maximum Gasteiger partial charge on any atom is 0.242 e. The van der Waals surface area contributed by atoms with Gasteiger partial charge in [0, 0.05) is 22.8 Å². The number of hydrogen-bond acceptors (Lipinski definition) is 4. The molecule has 0 bridgehead atoms. The van der Waals surface area contributed by atoms with Gasteiger partial charge in [0.05, 0.1) is 12.9 Å². The number of thioether (sulfide) groups is 1. The molecule has 1 fully saturated rings. The second-order valence-electron chi connectivity index (χ2n) is 8.15. The van der Waals surface area contributed by atoms with E-state index in [9.17, 15) is 9.59 Å². The topological polar surface area (TPSA) is 58.6 Å². The Labute approximate surface area is 203 Å². The first-order chi connectivity index (χ1) is 15.5. The minimum Gasteiger partial charge on any atom is -0.497 e. The average Bonchev–Trinajstić information content (AvgIpc) is 3.31. The van der Waals surface area contributed by atoms with Gasteiger partial charge >= 0.3 is 0 Å². The van der Waals surface area contributed by atoms with Crippen LogP contribution in [0, 0.1) is 0 Å². The second-order valence-corrected chi connectivity index (χ2v) is 10.1. The van der Waals surface area contributed by atoms with Crippen LogP contribution >= 0.6 is 27.7 Å². The number of hydrogen-bond donors (Lipinski definition) is 1. The van der Waals surface area contributed by atoms with Crippen molar-refractivity contribution < 1.29 is 14.3 Å². The van der Waals surface area contributed by atoms with Gasteiger partial charge in [0.15, 0.2) is 0 Å². The fourth-order valence-electron chi connectivity index (χ4n) is 3.82. The number of halogens is 1. The van der Waals surface area contributed by atoms with E-state index in [1.54, 1.807) is 23.8 Å². The molecular formula is C25H31BrN2O3S. The standard InChI is InChI=1S/C25H31BrN2O3S/c1-18(25(30)27-22-5-3-4-6-22)28(15-19-9-13-23(31-2)14-10-19)24(29)17-32-16-20-7-11-21(26)12-8-20/h7-14,18,22H,3-6,15-17H2,1-2H3,(H,27,30)/t18-/m0/s1. The van der Waals surface area contributed by atoms with E-state index in [4.69, 9.17) is 4.74 Å². The first-order valence-corrected chi connectivity index (χ1v) is 13.0. The monoisotopic (exact) mass is 518 g/mol. The Morgan fingerprint density at radius 3 is 2.34 bits per heavy atom. The van der Waals surface area contributed by atoms with Gasteiger partial charge in [-0.05, 0) is 55.2 Å². The van der Waals surface area contributed by atoms with Crippen LogP contribution in [0.1, 0.15) is 43.7 Å². The summed E-state index contributed by atoms with van der Waals surface area (Å²) < 4.78 is 6.27. The van der Waals surface area contributed by atoms with Crippen LogP contribution in [0.5, 0.6) is 5.75 Å². The Kier molecular flexibility index (Phi) is 9.48. The minimum atomic E-state index is -0.529. The Balaban J connectivity index is 1.65. The molecule has 0 radical (unpaired) electrons. The fraction of sp³-hybridized carbons (Fsp3) is 0.440. The van der Waals surface area contributed by atoms with Crippen LogP contribution in [0.15, 0.2) is 53.0 Å². The summed E-state index contributed by atoms with van der Waals surface area (Å²) in [5, 5.41) is 3.14. The summed E-state index contributed by atoms with van der Waals surface area (Å²) in [5.41, 5.74) is 2.14. The van der Waals surface area contributed by atoms with Crippen molar-refractivity contribution in [2.24, 2.45) is 0 Å². The molecule has 2 amide bonds. The first-order valence-electron chi connectivity index (χ1n) is 11.0. The number of amides is 2. The number of rotatable bonds is 10. The van der Waals surface area contributed by atoms with Crippen molar-refractivity contribution in [3.05, 3.63) is 64.1 Å². The van der Waals surface area contributed by atoms with Crippen LogP contribution in [0.4, 0.5) is 0 Å². The smallest absolute Gasteiger partial charge is 0.242 e. The van der Waals surface area contributed by atoms with Crippen LogP contribution < -0.4 is 10.1 Å². The molecule has 0 aromatic heterocycles. The quantitative estimate of drug-likeness (QED) is 0.471. The van der Waals surface area contributed by atoms with Crippen molar-refractivity contribution in [2.45, 2.75) is 57.0 Å². The molecule has 1 N–H and O–H groups in total. The number of ether oxygens (including phenoxy) is 1. The molecular weight excluding hydrogens is 488 g/mol. The lowest BCUT2D eigenvalue weighted by Gasteiger charge is -2.29. The summed E-state index contributed by atoms with van der Waals surface area (Å²) in [6.07, 6.45) is 4.35. The van der Waals surface area contributed by atoms with Crippen molar-refractivity contribution in [3.8, 4) is 5.75 Å². The molecule has 7 heteroatoms. The largest absolute Gasteiger partial charge is 0.497 e. The molecule has 2 aromatic rings. The molecule has 0 saturated heterocycles. The van der Waals surface area contributed by atoms with Gasteiger partial charge in [-0.25, -0.2) is 0 Å². The van der Waals surface area contributed by atoms with Crippen LogP contribution in [0.2, 0.25) is 0 Å². The van der Waals surface area contributed by atoms with Crippen molar-refractivity contribution in [1.82, 2.24) is 10.2 Å². The predicted octanol–water partition coefficient (Wildman–Crippen LogP) is 5.17. The third-order valence-electron chi connectivity index (χ3n) is 5.79. The molecule has 0 heterocycles. The van der Waals surface area contributed by atoms with E-state index in [0.29, 0.717) is 12.3 Å². The normalized spacial score (nSPS) is 14.7. The van der Waals surface area contributed by atoms with E-state index in [2.05, 4.69) is 21.2 Å². The summed E-state index contributed by atoms with van der Waals surface area (Å²) in [4.78, 5) is 27.8. The number of carbonyl (C=O) groups is 2. The zero-order valence-corrected chi connectivity index (χ0v) is 21.1. The number of benzene rings is 2. The van der Waals surface area contributed by atoms with E-state index in [0.717, 1.165) is 47.2 Å². The van der Waals surface area contributed by atoms with Crippen molar-refractivity contribution >= 4 is 39.5 Å². The predicted molar refractivity (Wildman–Crippen MR) is 134 cm³/mol. The minimum absolute atomic E-state index is 0.0306. The van der Waals surface area contributed by atoms with E-state index >= 15 is 0 Å². The van der Waals surface area contributed by atoms with Crippen molar-refractivity contribution in [1.29, 1.82) is 0 Å². The van der Waals surface area contributed by atoms with E-state index < -0.39 is 6.04 Å². The third-order valence-corrected chi connectivity index (χ3v) is 7.31. The lowest BCUT2D eigenvalue weighted by molar-refractivity contribution is -0.138. The van der Waals surface area contributed by atoms with E-state index in [1.807, 2.05) is 55.5 Å². The molecule has 1 aliphatic carbocycles. The van der Waals surface area contributed by atoms with Crippen LogP contribution in [-0.4, -0.2) is 41.7 Å². The number of methoxy groups -OCH3 is 1. The Morgan fingerprint density at radius 2 is 1.72 bits per heavy atom. The van der Waals surface area contributed by atoms with Gasteiger partial charge < -0.3 is 15.0 Å². The zero-order valence-electron chi connectivity index (χ0n) is 18.7. The Hall–Kier alpha value is -1.99. The summed E-state index contributed by atoms with van der Waals surface area (Å²) in [6.45, 7) is 2.21. The zero-order chi connectivity index (χ0) is 22.9. The number of nitrogens with zero attached hydrogens (tertiary/aromatic N) is 1. The van der Waals surface area contributed by atoms with Gasteiger partial charge in [-0.15, -0.1) is 11.8 Å². The summed E-state index contributed by atoms with van der Waals surface area (Å²) in [6, 6.07) is 15.4. The van der Waals surface area contributed by atoms with E-state index in [-0.39, 0.29) is 17.9 Å². The Bertz CT molecular complexity index is 883. The van der Waals surface area contributed by atoms with Gasteiger partial charge in [-0.2, -0.15) is 0 Å². The first kappa shape index (κ1) is 24.6. The molecule has 172 valence electrons. The highest BCUT2D eigenvalue weighted by atomic mass is 79.9. The maximum absolute atomic E-state index is 13.2. The van der Waals surface area contributed by atoms with Gasteiger partial charge in [0.1, 0.15) is 11.8 Å². The van der Waals surface area contributed by atoms with Crippen LogP contribution in [-0.2, 0) is 21.9 Å². The maximum atomic E-state index is 13.2. The summed E-state index contributed by atoms with van der Waals surface area (Å²) in [5.74, 6) is 1.74. The van der Waals surface area contributed by atoms with Gasteiger partial charge in [0.25, 0.3) is 0 Å². The van der Waals surface area contributed by atoms with Crippen molar-refractivity contribution in [3.63, 3.8) is 0 Å². The SMILES string of the molecule is COc1ccc(CN(C(=O)CSCc2ccc(Br)cc2)[C@@H](C)C(=O)NC2CCCC2)cc1. The molecule has 3 rings (SSSR count). The number of carbonyl (C=O) groups excluding carboxylic acids is 2. The van der Waals surface area contributed by atoms with Crippen LogP contribution in [0.25, 0.3) is 0 Å². The lowest BCUT2D eigenvalue weighted by atomic mass is 10.1. The summed E-state index contributed by atoms with van der Waals surface area (Å²) in [7, 11) is 1.63. The molecule has 0 unspecified atom stereocenters. The molecule has 5 nitrogen and oxygen atoms in total. The fourth-order valence-corrected chi connectivity index (χ4v) is 4.96.